The van der Waals surface area contributed by atoms with Crippen LogP contribution in [0.4, 0.5) is 21.6 Å². The summed E-state index contributed by atoms with van der Waals surface area (Å²) in [6, 6.07) is 13.0. The molecule has 1 saturated heterocycles. The van der Waals surface area contributed by atoms with Crippen molar-refractivity contribution in [3.8, 4) is 5.75 Å². The van der Waals surface area contributed by atoms with Crippen molar-refractivity contribution >= 4 is 28.1 Å². The maximum Gasteiger partial charge on any atom is 0.270 e. The van der Waals surface area contributed by atoms with Crippen molar-refractivity contribution in [1.29, 1.82) is 0 Å². The SMILES string of the molecule is COc1cc(F)ccc1N1CCN(c2ccc3cc([N+](=O)[O-])ccc3n2)CC1. The van der Waals surface area contributed by atoms with Crippen LogP contribution >= 0.6 is 0 Å². The van der Waals surface area contributed by atoms with E-state index in [-0.39, 0.29) is 11.5 Å². The Balaban J connectivity index is 1.50. The fraction of sp³-hybridized carbons (Fsp3) is 0.250. The van der Waals surface area contributed by atoms with E-state index >= 15 is 0 Å². The Morgan fingerprint density at radius 3 is 2.50 bits per heavy atom. The highest BCUT2D eigenvalue weighted by Crippen LogP contribution is 2.30. The van der Waals surface area contributed by atoms with Crippen molar-refractivity contribution in [3.63, 3.8) is 0 Å². The van der Waals surface area contributed by atoms with Gasteiger partial charge in [0.1, 0.15) is 17.4 Å². The lowest BCUT2D eigenvalue weighted by atomic mass is 10.2. The predicted molar refractivity (Wildman–Crippen MR) is 106 cm³/mol. The molecule has 144 valence electrons. The Morgan fingerprint density at radius 1 is 1.04 bits per heavy atom. The number of halogens is 1. The van der Waals surface area contributed by atoms with Crippen molar-refractivity contribution in [2.24, 2.45) is 0 Å². The van der Waals surface area contributed by atoms with E-state index in [1.165, 1.54) is 31.4 Å². The average Bonchev–Trinajstić information content (AvgIpc) is 2.73. The third kappa shape index (κ3) is 3.40. The Kier molecular flexibility index (Phi) is 4.68. The van der Waals surface area contributed by atoms with Crippen LogP contribution in [0.25, 0.3) is 10.9 Å². The molecule has 2 heterocycles. The zero-order valence-electron chi connectivity index (χ0n) is 15.3. The van der Waals surface area contributed by atoms with Gasteiger partial charge in [-0.15, -0.1) is 0 Å². The smallest absolute Gasteiger partial charge is 0.270 e. The van der Waals surface area contributed by atoms with E-state index in [4.69, 9.17) is 4.74 Å². The van der Waals surface area contributed by atoms with Gasteiger partial charge in [-0.3, -0.25) is 10.1 Å². The van der Waals surface area contributed by atoms with Gasteiger partial charge >= 0.3 is 0 Å². The first-order chi connectivity index (χ1) is 13.5. The molecule has 28 heavy (non-hydrogen) atoms. The maximum absolute atomic E-state index is 13.4. The Morgan fingerprint density at radius 2 is 1.79 bits per heavy atom. The normalized spacial score (nSPS) is 14.4. The quantitative estimate of drug-likeness (QED) is 0.507. The minimum Gasteiger partial charge on any atom is -0.494 e. The molecule has 1 aliphatic rings. The van der Waals surface area contributed by atoms with Gasteiger partial charge in [0.05, 0.1) is 23.2 Å². The molecule has 0 atom stereocenters. The van der Waals surface area contributed by atoms with Crippen LogP contribution in [0.15, 0.2) is 48.5 Å². The number of aromatic nitrogens is 1. The summed E-state index contributed by atoms with van der Waals surface area (Å²) in [7, 11) is 1.54. The number of nitro groups is 1. The summed E-state index contributed by atoms with van der Waals surface area (Å²) in [6.07, 6.45) is 0. The van der Waals surface area contributed by atoms with E-state index in [0.717, 1.165) is 48.6 Å². The van der Waals surface area contributed by atoms with E-state index in [0.29, 0.717) is 5.75 Å². The summed E-state index contributed by atoms with van der Waals surface area (Å²) in [5.41, 5.74) is 1.66. The molecule has 0 aliphatic carbocycles. The number of anilines is 2. The van der Waals surface area contributed by atoms with Gasteiger partial charge in [0.2, 0.25) is 0 Å². The summed E-state index contributed by atoms with van der Waals surface area (Å²) < 4.78 is 18.7. The first-order valence-corrected chi connectivity index (χ1v) is 8.94. The monoisotopic (exact) mass is 382 g/mol. The number of benzene rings is 2. The number of fused-ring (bicyclic) bond motifs is 1. The Labute approximate surface area is 161 Å². The highest BCUT2D eigenvalue weighted by molar-refractivity contribution is 5.82. The molecule has 2 aromatic carbocycles. The molecule has 0 saturated carbocycles. The molecule has 0 N–H and O–H groups in total. The van der Waals surface area contributed by atoms with Gasteiger partial charge in [0.25, 0.3) is 5.69 Å². The number of hydrogen-bond donors (Lipinski definition) is 0. The lowest BCUT2D eigenvalue weighted by molar-refractivity contribution is -0.384. The van der Waals surface area contributed by atoms with Crippen molar-refractivity contribution in [1.82, 2.24) is 4.98 Å². The number of nitrogens with zero attached hydrogens (tertiary/aromatic N) is 4. The number of methoxy groups -OCH3 is 1. The van der Waals surface area contributed by atoms with Gasteiger partial charge in [-0.1, -0.05) is 0 Å². The lowest BCUT2D eigenvalue weighted by Gasteiger charge is -2.37. The highest BCUT2D eigenvalue weighted by atomic mass is 19.1. The molecule has 8 heteroatoms. The predicted octanol–water partition coefficient (Wildman–Crippen LogP) is 3.62. The number of pyridine rings is 1. The van der Waals surface area contributed by atoms with Crippen LogP contribution in [0.3, 0.4) is 0 Å². The first-order valence-electron chi connectivity index (χ1n) is 8.94. The number of hydrogen-bond acceptors (Lipinski definition) is 6. The Bertz CT molecular complexity index is 1040. The molecule has 3 aromatic rings. The van der Waals surface area contributed by atoms with E-state index < -0.39 is 4.92 Å². The van der Waals surface area contributed by atoms with Crippen molar-refractivity contribution in [2.45, 2.75) is 0 Å². The van der Waals surface area contributed by atoms with E-state index in [2.05, 4.69) is 14.8 Å². The van der Waals surface area contributed by atoms with Crippen LogP contribution in [0.5, 0.6) is 5.75 Å². The second kappa shape index (κ2) is 7.30. The first kappa shape index (κ1) is 18.0. The second-order valence-electron chi connectivity index (χ2n) is 6.59. The van der Waals surface area contributed by atoms with Crippen molar-refractivity contribution < 1.29 is 14.1 Å². The summed E-state index contributed by atoms with van der Waals surface area (Å²) in [4.78, 5) is 19.5. The van der Waals surface area contributed by atoms with E-state index in [9.17, 15) is 14.5 Å². The van der Waals surface area contributed by atoms with Gasteiger partial charge in [-0.25, -0.2) is 9.37 Å². The van der Waals surface area contributed by atoms with Crippen LogP contribution in [-0.2, 0) is 0 Å². The molecule has 0 unspecified atom stereocenters. The van der Waals surface area contributed by atoms with Crippen molar-refractivity contribution in [2.75, 3.05) is 43.1 Å². The number of nitro benzene ring substituents is 1. The third-order valence-corrected chi connectivity index (χ3v) is 4.96. The van der Waals surface area contributed by atoms with Gasteiger partial charge in [0, 0.05) is 49.8 Å². The van der Waals surface area contributed by atoms with Crippen LogP contribution in [-0.4, -0.2) is 43.2 Å². The van der Waals surface area contributed by atoms with Gasteiger partial charge < -0.3 is 14.5 Å². The van der Waals surface area contributed by atoms with Crippen molar-refractivity contribution in [3.05, 3.63) is 64.5 Å². The number of rotatable bonds is 4. The van der Waals surface area contributed by atoms with Gasteiger partial charge in [-0.05, 0) is 30.3 Å². The second-order valence-corrected chi connectivity index (χ2v) is 6.59. The maximum atomic E-state index is 13.4. The third-order valence-electron chi connectivity index (χ3n) is 4.96. The summed E-state index contributed by atoms with van der Waals surface area (Å²) in [6.45, 7) is 3.02. The summed E-state index contributed by atoms with van der Waals surface area (Å²) in [5.74, 6) is 1.05. The summed E-state index contributed by atoms with van der Waals surface area (Å²) in [5, 5.41) is 11.7. The Hall–Kier alpha value is -3.42. The topological polar surface area (TPSA) is 71.7 Å². The lowest BCUT2D eigenvalue weighted by Crippen LogP contribution is -2.47. The van der Waals surface area contributed by atoms with Crippen LogP contribution < -0.4 is 14.5 Å². The van der Waals surface area contributed by atoms with E-state index in [1.807, 2.05) is 12.1 Å². The fourth-order valence-corrected chi connectivity index (χ4v) is 3.48. The standard InChI is InChI=1S/C20H19FN4O3/c1-28-19-13-15(21)3-6-18(19)23-8-10-24(11-9-23)20-7-2-14-12-16(25(26)27)4-5-17(14)22-20/h2-7,12-13H,8-11H2,1H3. The summed E-state index contributed by atoms with van der Waals surface area (Å²) >= 11 is 0. The minimum absolute atomic E-state index is 0.0592. The van der Waals surface area contributed by atoms with Gasteiger partial charge in [-0.2, -0.15) is 0 Å². The number of piperazine rings is 1. The molecule has 1 aromatic heterocycles. The van der Waals surface area contributed by atoms with Crippen LogP contribution in [0.1, 0.15) is 0 Å². The molecule has 0 bridgehead atoms. The molecule has 4 rings (SSSR count). The zero-order valence-corrected chi connectivity index (χ0v) is 15.3. The molecule has 0 amide bonds. The molecule has 7 nitrogen and oxygen atoms in total. The number of non-ortho nitro benzene ring substituents is 1. The fourth-order valence-electron chi connectivity index (χ4n) is 3.48. The molecular weight excluding hydrogens is 363 g/mol. The minimum atomic E-state index is -0.406. The zero-order chi connectivity index (χ0) is 19.7. The molecule has 0 radical (unpaired) electrons. The van der Waals surface area contributed by atoms with E-state index in [1.54, 1.807) is 12.1 Å². The van der Waals surface area contributed by atoms with Crippen LogP contribution in [0.2, 0.25) is 0 Å². The molecular formula is C20H19FN4O3. The average molecular weight is 382 g/mol. The van der Waals surface area contributed by atoms with Gasteiger partial charge in [0.15, 0.2) is 0 Å². The largest absolute Gasteiger partial charge is 0.494 e. The highest BCUT2D eigenvalue weighted by Gasteiger charge is 2.21. The number of ether oxygens (including phenoxy) is 1. The molecule has 1 aliphatic heterocycles. The van der Waals surface area contributed by atoms with Crippen LogP contribution in [0, 0.1) is 15.9 Å². The molecule has 1 fully saturated rings. The molecule has 0 spiro atoms.